The average Bonchev–Trinajstić information content (AvgIpc) is 3.10. The van der Waals surface area contributed by atoms with Crippen molar-refractivity contribution < 1.29 is 0 Å². The number of H-pyrrole nitrogens is 1. The average molecular weight is 284 g/mol. The molecule has 3 rings (SSSR count). The zero-order valence-corrected chi connectivity index (χ0v) is 12.1. The maximum Gasteiger partial charge on any atom is 0.107 e. The van der Waals surface area contributed by atoms with Crippen molar-refractivity contribution in [2.75, 3.05) is 0 Å². The van der Waals surface area contributed by atoms with E-state index < -0.39 is 0 Å². The Kier molecular flexibility index (Phi) is 3.90. The van der Waals surface area contributed by atoms with Crippen molar-refractivity contribution in [3.05, 3.63) is 58.2 Å². The number of aryl methyl sites for hydroxylation is 1. The highest BCUT2D eigenvalue weighted by Crippen LogP contribution is 2.21. The van der Waals surface area contributed by atoms with E-state index in [1.54, 1.807) is 11.3 Å². The Morgan fingerprint density at radius 3 is 2.80 bits per heavy atom. The van der Waals surface area contributed by atoms with E-state index in [0.29, 0.717) is 0 Å². The molecule has 3 aromatic rings. The molecule has 4 nitrogen and oxygen atoms in total. The summed E-state index contributed by atoms with van der Waals surface area (Å²) in [4.78, 5) is 4.65. The Bertz CT molecular complexity index is 672. The second kappa shape index (κ2) is 5.98. The van der Waals surface area contributed by atoms with Crippen molar-refractivity contribution in [1.82, 2.24) is 20.5 Å². The van der Waals surface area contributed by atoms with Crippen molar-refractivity contribution >= 4 is 11.3 Å². The standard InChI is InChI=1S/C15H16N4S/c1-11-13(8-17-19-11)7-16-9-15-18-14(10-20-15)12-5-3-2-4-6-12/h2-6,8,10,16H,7,9H2,1H3,(H,17,19). The summed E-state index contributed by atoms with van der Waals surface area (Å²) in [7, 11) is 0. The van der Waals surface area contributed by atoms with Gasteiger partial charge in [0.2, 0.25) is 0 Å². The number of nitrogens with one attached hydrogen (secondary N) is 2. The van der Waals surface area contributed by atoms with Crippen molar-refractivity contribution in [3.63, 3.8) is 0 Å². The van der Waals surface area contributed by atoms with Gasteiger partial charge in [0, 0.05) is 35.3 Å². The van der Waals surface area contributed by atoms with Crippen LogP contribution >= 0.6 is 11.3 Å². The quantitative estimate of drug-likeness (QED) is 0.757. The van der Waals surface area contributed by atoms with Gasteiger partial charge in [-0.3, -0.25) is 5.10 Å². The fourth-order valence-electron chi connectivity index (χ4n) is 1.99. The molecular formula is C15H16N4S. The van der Waals surface area contributed by atoms with Crippen LogP contribution < -0.4 is 5.32 Å². The molecule has 0 radical (unpaired) electrons. The van der Waals surface area contributed by atoms with Gasteiger partial charge in [-0.05, 0) is 6.92 Å². The van der Waals surface area contributed by atoms with Crippen LogP contribution in [0, 0.1) is 6.92 Å². The molecule has 0 aliphatic rings. The third kappa shape index (κ3) is 2.95. The number of rotatable bonds is 5. The lowest BCUT2D eigenvalue weighted by molar-refractivity contribution is 0.688. The summed E-state index contributed by atoms with van der Waals surface area (Å²) in [6.45, 7) is 3.62. The molecule has 0 aliphatic heterocycles. The lowest BCUT2D eigenvalue weighted by Crippen LogP contribution is -2.12. The van der Waals surface area contributed by atoms with Gasteiger partial charge < -0.3 is 5.32 Å². The second-order valence-electron chi connectivity index (χ2n) is 4.62. The molecule has 0 amide bonds. The molecule has 1 aromatic carbocycles. The lowest BCUT2D eigenvalue weighted by atomic mass is 10.2. The number of nitrogens with zero attached hydrogens (tertiary/aromatic N) is 2. The summed E-state index contributed by atoms with van der Waals surface area (Å²) < 4.78 is 0. The Labute approximate surface area is 121 Å². The first-order valence-electron chi connectivity index (χ1n) is 6.52. The number of hydrogen-bond acceptors (Lipinski definition) is 4. The molecule has 5 heteroatoms. The number of aromatic amines is 1. The predicted molar refractivity (Wildman–Crippen MR) is 81.4 cm³/mol. The molecule has 0 bridgehead atoms. The normalized spacial score (nSPS) is 10.8. The molecule has 2 N–H and O–H groups in total. The van der Waals surface area contributed by atoms with Crippen LogP contribution in [0.5, 0.6) is 0 Å². The van der Waals surface area contributed by atoms with E-state index in [9.17, 15) is 0 Å². The van der Waals surface area contributed by atoms with Gasteiger partial charge in [0.05, 0.1) is 11.9 Å². The van der Waals surface area contributed by atoms with Crippen LogP contribution in [0.25, 0.3) is 11.3 Å². The van der Waals surface area contributed by atoms with Crippen LogP contribution in [0.1, 0.15) is 16.3 Å². The number of thiazole rings is 1. The molecule has 2 heterocycles. The monoisotopic (exact) mass is 284 g/mol. The minimum atomic E-state index is 0.780. The molecule has 0 saturated carbocycles. The Morgan fingerprint density at radius 2 is 2.05 bits per heavy atom. The third-order valence-electron chi connectivity index (χ3n) is 3.15. The van der Waals surface area contributed by atoms with E-state index in [4.69, 9.17) is 0 Å². The Morgan fingerprint density at radius 1 is 1.20 bits per heavy atom. The van der Waals surface area contributed by atoms with Crippen LogP contribution in [0.2, 0.25) is 0 Å². The van der Waals surface area contributed by atoms with Gasteiger partial charge in [-0.2, -0.15) is 5.10 Å². The van der Waals surface area contributed by atoms with Crippen LogP contribution in [-0.4, -0.2) is 15.2 Å². The highest BCUT2D eigenvalue weighted by atomic mass is 32.1. The highest BCUT2D eigenvalue weighted by molar-refractivity contribution is 7.09. The van der Waals surface area contributed by atoms with Crippen LogP contribution in [-0.2, 0) is 13.1 Å². The summed E-state index contributed by atoms with van der Waals surface area (Å²) in [5, 5.41) is 13.6. The van der Waals surface area contributed by atoms with Crippen LogP contribution in [0.15, 0.2) is 41.9 Å². The van der Waals surface area contributed by atoms with Crippen LogP contribution in [0.4, 0.5) is 0 Å². The van der Waals surface area contributed by atoms with Crippen LogP contribution in [0.3, 0.4) is 0 Å². The predicted octanol–water partition coefficient (Wildman–Crippen LogP) is 3.13. The number of hydrogen-bond donors (Lipinski definition) is 2. The van der Waals surface area contributed by atoms with Gasteiger partial charge in [0.15, 0.2) is 0 Å². The first-order chi connectivity index (χ1) is 9.83. The minimum Gasteiger partial charge on any atom is -0.306 e. The van der Waals surface area contributed by atoms with Gasteiger partial charge in [-0.25, -0.2) is 4.98 Å². The van der Waals surface area contributed by atoms with Crippen molar-refractivity contribution in [3.8, 4) is 11.3 Å². The van der Waals surface area contributed by atoms with E-state index in [0.717, 1.165) is 29.5 Å². The van der Waals surface area contributed by atoms with Crippen molar-refractivity contribution in [1.29, 1.82) is 0 Å². The first-order valence-corrected chi connectivity index (χ1v) is 7.40. The maximum absolute atomic E-state index is 4.65. The van der Waals surface area contributed by atoms with Crippen molar-refractivity contribution in [2.45, 2.75) is 20.0 Å². The van der Waals surface area contributed by atoms with Gasteiger partial charge in [-0.15, -0.1) is 11.3 Å². The molecule has 0 saturated heterocycles. The molecule has 2 aromatic heterocycles. The SMILES string of the molecule is Cc1[nH]ncc1CNCc1nc(-c2ccccc2)cs1. The van der Waals surface area contributed by atoms with E-state index in [-0.39, 0.29) is 0 Å². The van der Waals surface area contributed by atoms with E-state index >= 15 is 0 Å². The summed E-state index contributed by atoms with van der Waals surface area (Å²) in [6, 6.07) is 10.3. The van der Waals surface area contributed by atoms with Gasteiger partial charge in [-0.1, -0.05) is 30.3 Å². The lowest BCUT2D eigenvalue weighted by Gasteiger charge is -2.01. The van der Waals surface area contributed by atoms with Gasteiger partial charge >= 0.3 is 0 Å². The molecule has 0 fully saturated rings. The third-order valence-corrected chi connectivity index (χ3v) is 4.00. The Hall–Kier alpha value is -1.98. The summed E-state index contributed by atoms with van der Waals surface area (Å²) >= 11 is 1.69. The molecule has 20 heavy (non-hydrogen) atoms. The second-order valence-corrected chi connectivity index (χ2v) is 5.56. The summed E-state index contributed by atoms with van der Waals surface area (Å²) in [5.41, 5.74) is 4.53. The molecule has 0 atom stereocenters. The summed E-state index contributed by atoms with van der Waals surface area (Å²) in [5.74, 6) is 0. The van der Waals surface area contributed by atoms with Gasteiger partial charge in [0.1, 0.15) is 5.01 Å². The first kappa shape index (κ1) is 13.0. The van der Waals surface area contributed by atoms with E-state index in [2.05, 4.69) is 38.0 Å². The van der Waals surface area contributed by atoms with Gasteiger partial charge in [0.25, 0.3) is 0 Å². The molecular weight excluding hydrogens is 268 g/mol. The smallest absolute Gasteiger partial charge is 0.107 e. The fourth-order valence-corrected chi connectivity index (χ4v) is 2.76. The minimum absolute atomic E-state index is 0.780. The molecule has 102 valence electrons. The zero-order chi connectivity index (χ0) is 13.8. The molecule has 0 aliphatic carbocycles. The number of aromatic nitrogens is 3. The van der Waals surface area contributed by atoms with Crippen molar-refractivity contribution in [2.24, 2.45) is 0 Å². The highest BCUT2D eigenvalue weighted by Gasteiger charge is 2.04. The zero-order valence-electron chi connectivity index (χ0n) is 11.3. The molecule has 0 spiro atoms. The maximum atomic E-state index is 4.65. The van der Waals surface area contributed by atoms with E-state index in [1.165, 1.54) is 11.1 Å². The number of benzene rings is 1. The fraction of sp³-hybridized carbons (Fsp3) is 0.200. The summed E-state index contributed by atoms with van der Waals surface area (Å²) in [6.07, 6.45) is 1.86. The Balaban J connectivity index is 1.59. The molecule has 0 unspecified atom stereocenters. The largest absolute Gasteiger partial charge is 0.306 e. The van der Waals surface area contributed by atoms with E-state index in [1.807, 2.05) is 31.3 Å². The topological polar surface area (TPSA) is 53.6 Å².